The van der Waals surface area contributed by atoms with Crippen molar-refractivity contribution in [3.8, 4) is 5.75 Å². The molecule has 11 heavy (non-hydrogen) atoms. The summed E-state index contributed by atoms with van der Waals surface area (Å²) in [4.78, 5) is 0. The van der Waals surface area contributed by atoms with Crippen LogP contribution in [-0.4, -0.2) is 5.11 Å². The molecule has 0 spiro atoms. The Hall–Kier alpha value is -0.280. The number of hydrogen-bond donors (Lipinski definition) is 3. The second-order valence-corrected chi connectivity index (χ2v) is 2.91. The Labute approximate surface area is 77.3 Å². The van der Waals surface area contributed by atoms with E-state index in [0.29, 0.717) is 17.3 Å². The number of benzene rings is 1. The molecule has 1 aromatic rings. The van der Waals surface area contributed by atoms with Gasteiger partial charge in [-0.15, -0.1) is 0 Å². The van der Waals surface area contributed by atoms with Crippen molar-refractivity contribution in [2.75, 3.05) is 0 Å². The summed E-state index contributed by atoms with van der Waals surface area (Å²) < 4.78 is 0. The zero-order chi connectivity index (χ0) is 8.27. The summed E-state index contributed by atoms with van der Waals surface area (Å²) in [5.74, 6) is 1.57. The highest BCUT2D eigenvalue weighted by Crippen LogP contribution is 2.20. The highest BCUT2D eigenvalue weighted by Gasteiger charge is 1.98. The minimum atomic E-state index is 0.311. The Kier molecular flexibility index (Phi) is 3.15. The maximum Gasteiger partial charge on any atom is 0.119 e. The van der Waals surface area contributed by atoms with Gasteiger partial charge in [-0.1, -0.05) is 12.1 Å². The Morgan fingerprint density at radius 2 is 1.91 bits per heavy atom. The van der Waals surface area contributed by atoms with Crippen LogP contribution in [0.2, 0.25) is 0 Å². The molecule has 0 fully saturated rings. The number of phenols is 1. The van der Waals surface area contributed by atoms with Gasteiger partial charge in [0, 0.05) is 17.1 Å². The zero-order valence-electron chi connectivity index (χ0n) is 5.99. The highest BCUT2D eigenvalue weighted by atomic mass is 32.1. The molecule has 60 valence electrons. The maximum atomic E-state index is 9.26. The van der Waals surface area contributed by atoms with Crippen LogP contribution in [0.15, 0.2) is 18.2 Å². The summed E-state index contributed by atoms with van der Waals surface area (Å²) in [6.45, 7) is 0. The fraction of sp³-hybridized carbons (Fsp3) is 0.250. The van der Waals surface area contributed by atoms with Crippen LogP contribution in [0.4, 0.5) is 0 Å². The molecule has 0 saturated carbocycles. The third-order valence-electron chi connectivity index (χ3n) is 1.50. The largest absolute Gasteiger partial charge is 0.508 e. The first-order valence-electron chi connectivity index (χ1n) is 3.30. The van der Waals surface area contributed by atoms with Crippen molar-refractivity contribution in [2.24, 2.45) is 0 Å². The summed E-state index contributed by atoms with van der Waals surface area (Å²) in [6.07, 6.45) is 0. The molecule has 0 aliphatic rings. The van der Waals surface area contributed by atoms with E-state index in [4.69, 9.17) is 0 Å². The number of hydrogen-bond acceptors (Lipinski definition) is 3. The van der Waals surface area contributed by atoms with Crippen LogP contribution in [0.25, 0.3) is 0 Å². The molecule has 3 heteroatoms. The lowest BCUT2D eigenvalue weighted by Crippen LogP contribution is -1.83. The summed E-state index contributed by atoms with van der Waals surface area (Å²) in [7, 11) is 0. The summed E-state index contributed by atoms with van der Waals surface area (Å²) in [6, 6.07) is 5.45. The standard InChI is InChI=1S/C8H10OS2/c9-8-2-1-6(4-10)3-7(8)5-11/h1-3,9-11H,4-5H2. The fourth-order valence-corrected chi connectivity index (χ4v) is 1.31. The van der Waals surface area contributed by atoms with Gasteiger partial charge < -0.3 is 5.11 Å². The van der Waals surface area contributed by atoms with Crippen LogP contribution in [-0.2, 0) is 11.5 Å². The van der Waals surface area contributed by atoms with Crippen molar-refractivity contribution in [2.45, 2.75) is 11.5 Å². The first kappa shape index (κ1) is 8.81. The van der Waals surface area contributed by atoms with E-state index in [1.54, 1.807) is 6.07 Å². The minimum absolute atomic E-state index is 0.311. The zero-order valence-corrected chi connectivity index (χ0v) is 7.78. The third-order valence-corrected chi connectivity index (χ3v) is 2.20. The Bertz CT molecular complexity index is 248. The lowest BCUT2D eigenvalue weighted by molar-refractivity contribution is 0.470. The van der Waals surface area contributed by atoms with Crippen molar-refractivity contribution >= 4 is 25.3 Å². The molecule has 0 aromatic heterocycles. The van der Waals surface area contributed by atoms with Crippen LogP contribution in [0.5, 0.6) is 5.75 Å². The van der Waals surface area contributed by atoms with E-state index in [9.17, 15) is 5.11 Å². The lowest BCUT2D eigenvalue weighted by Gasteiger charge is -2.02. The molecule has 0 bridgehead atoms. The first-order valence-corrected chi connectivity index (χ1v) is 4.57. The van der Waals surface area contributed by atoms with Gasteiger partial charge in [0.15, 0.2) is 0 Å². The first-order chi connectivity index (χ1) is 5.27. The Morgan fingerprint density at radius 1 is 1.18 bits per heavy atom. The quantitative estimate of drug-likeness (QED) is 0.605. The van der Waals surface area contributed by atoms with Gasteiger partial charge >= 0.3 is 0 Å². The van der Waals surface area contributed by atoms with Crippen molar-refractivity contribution in [1.29, 1.82) is 0 Å². The minimum Gasteiger partial charge on any atom is -0.508 e. The van der Waals surface area contributed by atoms with Crippen LogP contribution in [0.1, 0.15) is 11.1 Å². The maximum absolute atomic E-state index is 9.26. The average Bonchev–Trinajstić information content (AvgIpc) is 2.05. The van der Waals surface area contributed by atoms with Gasteiger partial charge in [-0.05, 0) is 11.6 Å². The van der Waals surface area contributed by atoms with E-state index in [1.165, 1.54) is 0 Å². The molecular formula is C8H10OS2. The van der Waals surface area contributed by atoms with Gasteiger partial charge in [0.2, 0.25) is 0 Å². The van der Waals surface area contributed by atoms with E-state index in [-0.39, 0.29) is 0 Å². The molecule has 0 radical (unpaired) electrons. The number of thiol groups is 2. The van der Waals surface area contributed by atoms with E-state index in [0.717, 1.165) is 11.1 Å². The van der Waals surface area contributed by atoms with Gasteiger partial charge in [0.25, 0.3) is 0 Å². The molecule has 1 rings (SSSR count). The van der Waals surface area contributed by atoms with Crippen LogP contribution >= 0.6 is 25.3 Å². The molecule has 0 atom stereocenters. The number of rotatable bonds is 2. The van der Waals surface area contributed by atoms with Crippen LogP contribution in [0.3, 0.4) is 0 Å². The molecule has 0 saturated heterocycles. The summed E-state index contributed by atoms with van der Waals surface area (Å²) in [5.41, 5.74) is 1.97. The van der Waals surface area contributed by atoms with E-state index in [2.05, 4.69) is 25.3 Å². The number of aromatic hydroxyl groups is 1. The Morgan fingerprint density at radius 3 is 2.45 bits per heavy atom. The monoisotopic (exact) mass is 186 g/mol. The second-order valence-electron chi connectivity index (χ2n) is 2.28. The molecule has 0 amide bonds. The Balaban J connectivity index is 3.02. The molecule has 0 heterocycles. The van der Waals surface area contributed by atoms with Gasteiger partial charge in [0.05, 0.1) is 0 Å². The molecule has 1 aromatic carbocycles. The van der Waals surface area contributed by atoms with Gasteiger partial charge in [-0.25, -0.2) is 0 Å². The van der Waals surface area contributed by atoms with Crippen molar-refractivity contribution in [1.82, 2.24) is 0 Å². The van der Waals surface area contributed by atoms with Crippen molar-refractivity contribution in [3.05, 3.63) is 29.3 Å². The predicted molar refractivity (Wildman–Crippen MR) is 53.5 cm³/mol. The molecule has 1 nitrogen and oxygen atoms in total. The average molecular weight is 186 g/mol. The predicted octanol–water partition coefficient (Wildman–Crippen LogP) is 2.25. The van der Waals surface area contributed by atoms with E-state index < -0.39 is 0 Å². The molecule has 0 aliphatic carbocycles. The normalized spacial score (nSPS) is 10.0. The SMILES string of the molecule is Oc1ccc(CS)cc1CS. The van der Waals surface area contributed by atoms with Crippen molar-refractivity contribution in [3.63, 3.8) is 0 Å². The van der Waals surface area contributed by atoms with E-state index >= 15 is 0 Å². The third kappa shape index (κ3) is 2.07. The topological polar surface area (TPSA) is 20.2 Å². The van der Waals surface area contributed by atoms with Crippen molar-refractivity contribution < 1.29 is 5.11 Å². The number of phenolic OH excluding ortho intramolecular Hbond substituents is 1. The molecular weight excluding hydrogens is 176 g/mol. The van der Waals surface area contributed by atoms with Gasteiger partial charge in [-0.3, -0.25) is 0 Å². The van der Waals surface area contributed by atoms with Gasteiger partial charge in [-0.2, -0.15) is 25.3 Å². The molecule has 1 N–H and O–H groups in total. The fourth-order valence-electron chi connectivity index (χ4n) is 0.864. The van der Waals surface area contributed by atoms with E-state index in [1.807, 2.05) is 12.1 Å². The van der Waals surface area contributed by atoms with Gasteiger partial charge in [0.1, 0.15) is 5.75 Å². The molecule has 0 aliphatic heterocycles. The summed E-state index contributed by atoms with van der Waals surface area (Å²) in [5, 5.41) is 9.26. The summed E-state index contributed by atoms with van der Waals surface area (Å²) >= 11 is 8.20. The lowest BCUT2D eigenvalue weighted by atomic mass is 10.1. The van der Waals surface area contributed by atoms with Crippen LogP contribution in [0, 0.1) is 0 Å². The molecule has 0 unspecified atom stereocenters. The second kappa shape index (κ2) is 3.93. The highest BCUT2D eigenvalue weighted by molar-refractivity contribution is 7.79. The van der Waals surface area contributed by atoms with Crippen LogP contribution < -0.4 is 0 Å². The smallest absolute Gasteiger partial charge is 0.119 e.